The van der Waals surface area contributed by atoms with Gasteiger partial charge in [-0.1, -0.05) is 13.8 Å². The molecule has 0 unspecified atom stereocenters. The standard InChI is InChI=1S/C16H32N4O2S.HI/c1-4-22-16(21)20-9-6-14(7-10-20)19-15(17)18-8-5-11-23-12-13(2)3;/h13-14H,4-12H2,1-3H3,(H3,17,18,19);1H. The molecule has 142 valence electrons. The first-order chi connectivity index (χ1) is 11.0. The fourth-order valence-electron chi connectivity index (χ4n) is 2.36. The number of thioether (sulfide) groups is 1. The van der Waals surface area contributed by atoms with Gasteiger partial charge in [-0.25, -0.2) is 4.79 Å². The van der Waals surface area contributed by atoms with E-state index in [4.69, 9.17) is 10.5 Å². The molecule has 0 spiro atoms. The van der Waals surface area contributed by atoms with Crippen molar-refractivity contribution in [3.05, 3.63) is 0 Å². The van der Waals surface area contributed by atoms with Crippen LogP contribution in [0.5, 0.6) is 0 Å². The highest BCUT2D eigenvalue weighted by Crippen LogP contribution is 2.11. The lowest BCUT2D eigenvalue weighted by Gasteiger charge is -2.31. The maximum Gasteiger partial charge on any atom is 0.409 e. The molecule has 1 fully saturated rings. The number of rotatable bonds is 8. The third kappa shape index (κ3) is 10.5. The topological polar surface area (TPSA) is 80.0 Å². The van der Waals surface area contributed by atoms with Gasteiger partial charge in [0.25, 0.3) is 0 Å². The largest absolute Gasteiger partial charge is 0.450 e. The lowest BCUT2D eigenvalue weighted by atomic mass is 10.1. The highest BCUT2D eigenvalue weighted by molar-refractivity contribution is 14.0. The summed E-state index contributed by atoms with van der Waals surface area (Å²) in [7, 11) is 0. The molecule has 8 heteroatoms. The Hall–Kier alpha value is -0.380. The normalized spacial score (nSPS) is 16.0. The monoisotopic (exact) mass is 472 g/mol. The van der Waals surface area contributed by atoms with Gasteiger partial charge >= 0.3 is 6.09 Å². The zero-order chi connectivity index (χ0) is 17.1. The zero-order valence-electron chi connectivity index (χ0n) is 15.1. The second-order valence-electron chi connectivity index (χ2n) is 6.19. The number of likely N-dealkylation sites (tertiary alicyclic amines) is 1. The number of hydrogen-bond donors (Lipinski definition) is 2. The predicted molar refractivity (Wildman–Crippen MR) is 113 cm³/mol. The average Bonchev–Trinajstić information content (AvgIpc) is 2.51. The molecule has 0 saturated carbocycles. The highest BCUT2D eigenvalue weighted by Gasteiger charge is 2.23. The molecule has 0 aromatic heterocycles. The summed E-state index contributed by atoms with van der Waals surface area (Å²) in [5.74, 6) is 3.60. The van der Waals surface area contributed by atoms with Crippen LogP contribution < -0.4 is 11.1 Å². The Bertz CT molecular complexity index is 375. The first-order valence-corrected chi connectivity index (χ1v) is 9.74. The number of halogens is 1. The fourth-order valence-corrected chi connectivity index (χ4v) is 3.33. The predicted octanol–water partition coefficient (Wildman–Crippen LogP) is 2.91. The number of nitrogens with two attached hydrogens (primary N) is 1. The number of hydrogen-bond acceptors (Lipinski definition) is 4. The summed E-state index contributed by atoms with van der Waals surface area (Å²) < 4.78 is 5.01. The molecule has 1 aliphatic heterocycles. The summed E-state index contributed by atoms with van der Waals surface area (Å²) in [6, 6.07) is 0.291. The molecule has 0 atom stereocenters. The Labute approximate surface area is 167 Å². The van der Waals surface area contributed by atoms with Crippen LogP contribution >= 0.6 is 35.7 Å². The minimum atomic E-state index is -0.216. The van der Waals surface area contributed by atoms with Crippen LogP contribution in [0, 0.1) is 5.92 Å². The Morgan fingerprint density at radius 3 is 2.67 bits per heavy atom. The van der Waals surface area contributed by atoms with E-state index in [1.807, 2.05) is 18.7 Å². The number of ether oxygens (including phenoxy) is 1. The number of piperidine rings is 1. The van der Waals surface area contributed by atoms with Gasteiger partial charge in [-0.3, -0.25) is 4.99 Å². The van der Waals surface area contributed by atoms with Crippen molar-refractivity contribution in [2.24, 2.45) is 16.6 Å². The number of amides is 1. The van der Waals surface area contributed by atoms with Crippen LogP contribution in [0.4, 0.5) is 4.79 Å². The quantitative estimate of drug-likeness (QED) is 0.246. The van der Waals surface area contributed by atoms with Crippen molar-refractivity contribution in [1.29, 1.82) is 0 Å². The molecule has 3 N–H and O–H groups in total. The van der Waals surface area contributed by atoms with E-state index in [9.17, 15) is 4.79 Å². The van der Waals surface area contributed by atoms with Crippen molar-refractivity contribution in [3.8, 4) is 0 Å². The van der Waals surface area contributed by atoms with E-state index in [1.54, 1.807) is 4.90 Å². The van der Waals surface area contributed by atoms with Gasteiger partial charge in [-0.2, -0.15) is 11.8 Å². The van der Waals surface area contributed by atoms with Crippen LogP contribution in [0.2, 0.25) is 0 Å². The summed E-state index contributed by atoms with van der Waals surface area (Å²) in [6.07, 6.45) is 2.59. The molecule has 1 aliphatic rings. The number of aliphatic imine (C=N–C) groups is 1. The molecule has 0 radical (unpaired) electrons. The minimum absolute atomic E-state index is 0. The first kappa shape index (κ1) is 23.6. The number of carbonyl (C=O) groups excluding carboxylic acids is 1. The Kier molecular flexibility index (Phi) is 13.6. The number of guanidine groups is 1. The summed E-state index contributed by atoms with van der Waals surface area (Å²) >= 11 is 1.98. The van der Waals surface area contributed by atoms with Gasteiger partial charge in [0.05, 0.1) is 6.61 Å². The van der Waals surface area contributed by atoms with Crippen LogP contribution in [-0.4, -0.2) is 60.7 Å². The molecule has 6 nitrogen and oxygen atoms in total. The molecule has 24 heavy (non-hydrogen) atoms. The smallest absolute Gasteiger partial charge is 0.409 e. The van der Waals surface area contributed by atoms with Crippen LogP contribution in [-0.2, 0) is 4.74 Å². The Morgan fingerprint density at radius 1 is 1.42 bits per heavy atom. The summed E-state index contributed by atoms with van der Waals surface area (Å²) in [6.45, 7) is 8.90. The summed E-state index contributed by atoms with van der Waals surface area (Å²) in [4.78, 5) is 17.8. The van der Waals surface area contributed by atoms with Crippen molar-refractivity contribution in [3.63, 3.8) is 0 Å². The number of carbonyl (C=O) groups is 1. The molecule has 1 saturated heterocycles. The van der Waals surface area contributed by atoms with Crippen LogP contribution in [0.15, 0.2) is 4.99 Å². The molecule has 0 aromatic rings. The van der Waals surface area contributed by atoms with Crippen molar-refractivity contribution in [1.82, 2.24) is 10.2 Å². The van der Waals surface area contributed by atoms with Gasteiger partial charge in [0.15, 0.2) is 5.96 Å². The maximum absolute atomic E-state index is 11.6. The van der Waals surface area contributed by atoms with Gasteiger partial charge in [0.1, 0.15) is 0 Å². The molecule has 0 aromatic carbocycles. The molecule has 1 rings (SSSR count). The second kappa shape index (κ2) is 13.9. The highest BCUT2D eigenvalue weighted by atomic mass is 127. The summed E-state index contributed by atoms with van der Waals surface area (Å²) in [5, 5.41) is 3.26. The van der Waals surface area contributed by atoms with Crippen LogP contribution in [0.25, 0.3) is 0 Å². The zero-order valence-corrected chi connectivity index (χ0v) is 18.3. The molecular formula is C16H33IN4O2S. The van der Waals surface area contributed by atoms with Gasteiger partial charge in [-0.15, -0.1) is 24.0 Å². The van der Waals surface area contributed by atoms with E-state index in [-0.39, 0.29) is 30.1 Å². The van der Waals surface area contributed by atoms with Gasteiger partial charge in [-0.05, 0) is 43.6 Å². The maximum atomic E-state index is 11.6. The SMILES string of the molecule is CCOC(=O)N1CCC(NC(N)=NCCCSCC(C)C)CC1.I. The Morgan fingerprint density at radius 2 is 2.08 bits per heavy atom. The lowest BCUT2D eigenvalue weighted by Crippen LogP contribution is -2.48. The third-order valence-electron chi connectivity index (χ3n) is 3.55. The van der Waals surface area contributed by atoms with E-state index in [2.05, 4.69) is 24.2 Å². The minimum Gasteiger partial charge on any atom is -0.450 e. The average molecular weight is 472 g/mol. The first-order valence-electron chi connectivity index (χ1n) is 8.58. The van der Waals surface area contributed by atoms with Crippen molar-refractivity contribution >= 4 is 47.8 Å². The third-order valence-corrected chi connectivity index (χ3v) is 5.03. The van der Waals surface area contributed by atoms with E-state index < -0.39 is 0 Å². The van der Waals surface area contributed by atoms with Crippen LogP contribution in [0.1, 0.15) is 40.0 Å². The summed E-state index contributed by atoms with van der Waals surface area (Å²) in [5.41, 5.74) is 5.94. The van der Waals surface area contributed by atoms with E-state index in [1.165, 1.54) is 5.75 Å². The fraction of sp³-hybridized carbons (Fsp3) is 0.875. The molecule has 1 amide bonds. The van der Waals surface area contributed by atoms with E-state index in [0.717, 1.165) is 37.5 Å². The number of nitrogens with one attached hydrogen (secondary N) is 1. The van der Waals surface area contributed by atoms with E-state index >= 15 is 0 Å². The van der Waals surface area contributed by atoms with Gasteiger partial charge in [0, 0.05) is 25.7 Å². The molecule has 1 heterocycles. The number of nitrogens with zero attached hydrogens (tertiary/aromatic N) is 2. The van der Waals surface area contributed by atoms with Crippen molar-refractivity contribution < 1.29 is 9.53 Å². The van der Waals surface area contributed by atoms with Crippen LogP contribution in [0.3, 0.4) is 0 Å². The van der Waals surface area contributed by atoms with Gasteiger partial charge in [0.2, 0.25) is 0 Å². The molecule has 0 aliphatic carbocycles. The molecular weight excluding hydrogens is 439 g/mol. The van der Waals surface area contributed by atoms with Crippen molar-refractivity contribution in [2.75, 3.05) is 37.7 Å². The molecule has 0 bridgehead atoms. The van der Waals surface area contributed by atoms with Gasteiger partial charge < -0.3 is 20.7 Å². The lowest BCUT2D eigenvalue weighted by molar-refractivity contribution is 0.0963. The van der Waals surface area contributed by atoms with E-state index in [0.29, 0.717) is 31.7 Å². The van der Waals surface area contributed by atoms with Crippen molar-refractivity contribution in [2.45, 2.75) is 46.1 Å². The second-order valence-corrected chi connectivity index (χ2v) is 7.34. The Balaban J connectivity index is 0.00000529.